The lowest BCUT2D eigenvalue weighted by Gasteiger charge is -1.97. The summed E-state index contributed by atoms with van der Waals surface area (Å²) in [6.07, 6.45) is 0. The summed E-state index contributed by atoms with van der Waals surface area (Å²) in [5, 5.41) is 0. The Kier molecular flexibility index (Phi) is 1.51. The lowest BCUT2D eigenvalue weighted by atomic mass is 11.3. The molecule has 6 heavy (non-hydrogen) atoms. The Morgan fingerprint density at radius 2 is 1.50 bits per heavy atom. The molecule has 0 fully saturated rings. The zero-order valence-electron chi connectivity index (χ0n) is 4.65. The molecule has 0 saturated heterocycles. The predicted molar refractivity (Wildman–Crippen MR) is 32.2 cm³/mol. The van der Waals surface area contributed by atoms with E-state index in [4.69, 9.17) is 6.58 Å². The SMILES string of the molecule is [CH+]=C[Si](C)(C)C. The number of rotatable bonds is 1. The molecule has 34 valence electrons. The van der Waals surface area contributed by atoms with Crippen LogP contribution < -0.4 is 0 Å². The second-order valence-corrected chi connectivity index (χ2v) is 7.60. The fourth-order valence-corrected chi connectivity index (χ4v) is 0. The highest BCUT2D eigenvalue weighted by Crippen LogP contribution is 1.97. The van der Waals surface area contributed by atoms with Crippen molar-refractivity contribution >= 4 is 8.07 Å². The minimum Gasteiger partial charge on any atom is -0.0619 e. The van der Waals surface area contributed by atoms with Crippen LogP contribution in [0.3, 0.4) is 0 Å². The smallest absolute Gasteiger partial charge is 0.0619 e. The minimum atomic E-state index is -0.978. The molecule has 0 nitrogen and oxygen atoms in total. The maximum Gasteiger partial charge on any atom is 0.195 e. The molecule has 0 bridgehead atoms. The van der Waals surface area contributed by atoms with Gasteiger partial charge in [0.05, 0.1) is 0 Å². The highest BCUT2D eigenvalue weighted by molar-refractivity contribution is 6.80. The predicted octanol–water partition coefficient (Wildman–Crippen LogP) is 1.85. The van der Waals surface area contributed by atoms with Crippen molar-refractivity contribution in [3.8, 4) is 0 Å². The topological polar surface area (TPSA) is 0 Å². The van der Waals surface area contributed by atoms with Crippen LogP contribution in [0.5, 0.6) is 0 Å². The van der Waals surface area contributed by atoms with Crippen molar-refractivity contribution in [2.75, 3.05) is 0 Å². The van der Waals surface area contributed by atoms with Crippen molar-refractivity contribution in [3.63, 3.8) is 0 Å². The summed E-state index contributed by atoms with van der Waals surface area (Å²) in [5.41, 5.74) is 1.83. The van der Waals surface area contributed by atoms with Gasteiger partial charge in [-0.15, -0.1) is 0 Å². The molecule has 0 aliphatic carbocycles. The molecule has 0 heterocycles. The van der Waals surface area contributed by atoms with Crippen LogP contribution in [-0.2, 0) is 0 Å². The van der Waals surface area contributed by atoms with E-state index in [9.17, 15) is 0 Å². The molecular formula is C5H11Si+. The van der Waals surface area contributed by atoms with E-state index >= 15 is 0 Å². The molecule has 0 amide bonds. The van der Waals surface area contributed by atoms with Crippen LogP contribution in [0, 0.1) is 6.58 Å². The first-order chi connectivity index (χ1) is 2.56. The summed E-state index contributed by atoms with van der Waals surface area (Å²) in [7, 11) is -0.978. The molecule has 1 heteroatoms. The van der Waals surface area contributed by atoms with Gasteiger partial charge in [-0.1, -0.05) is 19.6 Å². The Hall–Kier alpha value is -0.133. The molecule has 0 aliphatic heterocycles. The van der Waals surface area contributed by atoms with Crippen molar-refractivity contribution in [1.82, 2.24) is 0 Å². The lowest BCUT2D eigenvalue weighted by Crippen LogP contribution is -2.14. The second kappa shape index (κ2) is 1.54. The fraction of sp³-hybridized carbons (Fsp3) is 0.600. The summed E-state index contributed by atoms with van der Waals surface area (Å²) in [4.78, 5) is 0. The molecule has 0 saturated carbocycles. The Balaban J connectivity index is 3.45. The summed E-state index contributed by atoms with van der Waals surface area (Å²) >= 11 is 0. The van der Waals surface area contributed by atoms with Crippen molar-refractivity contribution in [1.29, 1.82) is 0 Å². The zero-order valence-corrected chi connectivity index (χ0v) is 5.65. The van der Waals surface area contributed by atoms with Gasteiger partial charge >= 0.3 is 0 Å². The molecule has 0 N–H and O–H groups in total. The summed E-state index contributed by atoms with van der Waals surface area (Å²) in [6.45, 7) is 11.8. The molecule has 0 aromatic carbocycles. The number of hydrogen-bond donors (Lipinski definition) is 0. The molecule has 0 unspecified atom stereocenters. The van der Waals surface area contributed by atoms with Crippen LogP contribution in [0.1, 0.15) is 0 Å². The van der Waals surface area contributed by atoms with Gasteiger partial charge in [0.15, 0.2) is 6.58 Å². The van der Waals surface area contributed by atoms with Gasteiger partial charge in [-0.3, -0.25) is 0 Å². The van der Waals surface area contributed by atoms with Gasteiger partial charge in [-0.25, -0.2) is 0 Å². The van der Waals surface area contributed by atoms with Gasteiger partial charge in [0, 0.05) is 0 Å². The lowest BCUT2D eigenvalue weighted by molar-refractivity contribution is 1.78. The first kappa shape index (κ1) is 5.87. The third kappa shape index (κ3) is 3.87. The Labute approximate surface area is 40.9 Å². The third-order valence-electron chi connectivity index (χ3n) is 0.500. The van der Waals surface area contributed by atoms with Crippen LogP contribution in [0.25, 0.3) is 0 Å². The number of hydrogen-bond acceptors (Lipinski definition) is 0. The van der Waals surface area contributed by atoms with Crippen LogP contribution in [0.15, 0.2) is 5.70 Å². The summed E-state index contributed by atoms with van der Waals surface area (Å²) in [6, 6.07) is 0. The van der Waals surface area contributed by atoms with Crippen LogP contribution in [-0.4, -0.2) is 8.07 Å². The molecule has 0 rings (SSSR count). The summed E-state index contributed by atoms with van der Waals surface area (Å²) < 4.78 is 0. The fourth-order valence-electron chi connectivity index (χ4n) is 0. The van der Waals surface area contributed by atoms with Crippen LogP contribution in [0.4, 0.5) is 0 Å². The maximum absolute atomic E-state index is 5.24. The van der Waals surface area contributed by atoms with E-state index in [0.717, 1.165) is 0 Å². The van der Waals surface area contributed by atoms with E-state index in [1.165, 1.54) is 0 Å². The molecule has 0 radical (unpaired) electrons. The van der Waals surface area contributed by atoms with E-state index < -0.39 is 8.07 Å². The highest BCUT2D eigenvalue weighted by Gasteiger charge is 2.11. The van der Waals surface area contributed by atoms with E-state index in [-0.39, 0.29) is 0 Å². The van der Waals surface area contributed by atoms with Crippen molar-refractivity contribution in [2.45, 2.75) is 19.6 Å². The highest BCUT2D eigenvalue weighted by atomic mass is 28.3. The maximum atomic E-state index is 5.24. The largest absolute Gasteiger partial charge is 0.195 e. The molecular weight excluding hydrogens is 88.1 g/mol. The van der Waals surface area contributed by atoms with Crippen LogP contribution >= 0.6 is 0 Å². The zero-order chi connectivity index (χ0) is 5.21. The van der Waals surface area contributed by atoms with Gasteiger partial charge in [-0.2, -0.15) is 0 Å². The van der Waals surface area contributed by atoms with Crippen molar-refractivity contribution < 1.29 is 0 Å². The Morgan fingerprint density at radius 3 is 1.50 bits per heavy atom. The van der Waals surface area contributed by atoms with Gasteiger partial charge in [-0.05, 0) is 0 Å². The van der Waals surface area contributed by atoms with Gasteiger partial charge in [0.2, 0.25) is 0 Å². The van der Waals surface area contributed by atoms with E-state index in [1.807, 2.05) is 5.70 Å². The van der Waals surface area contributed by atoms with Crippen molar-refractivity contribution in [3.05, 3.63) is 12.3 Å². The average Bonchev–Trinajstić information content (AvgIpc) is 1.35. The Bertz CT molecular complexity index is 49.4. The van der Waals surface area contributed by atoms with Crippen molar-refractivity contribution in [2.24, 2.45) is 0 Å². The molecule has 0 aliphatic rings. The molecule has 0 spiro atoms. The normalized spacial score (nSPS) is 11.0. The van der Waals surface area contributed by atoms with E-state index in [1.54, 1.807) is 0 Å². The van der Waals surface area contributed by atoms with Gasteiger partial charge in [0.25, 0.3) is 0 Å². The average molecular weight is 99.2 g/mol. The van der Waals surface area contributed by atoms with E-state index in [2.05, 4.69) is 19.6 Å². The monoisotopic (exact) mass is 99.1 g/mol. The Morgan fingerprint density at radius 1 is 1.33 bits per heavy atom. The van der Waals surface area contributed by atoms with Crippen LogP contribution in [0.2, 0.25) is 19.6 Å². The van der Waals surface area contributed by atoms with Gasteiger partial charge < -0.3 is 0 Å². The standard InChI is InChI=1S/C5H11Si/c1-5-6(2,3)4/h1,5H,2-4H3/q+1. The first-order valence-electron chi connectivity index (χ1n) is 2.12. The van der Waals surface area contributed by atoms with Gasteiger partial charge in [0.1, 0.15) is 13.8 Å². The quantitative estimate of drug-likeness (QED) is 0.347. The van der Waals surface area contributed by atoms with E-state index in [0.29, 0.717) is 0 Å². The molecule has 0 aromatic heterocycles. The summed E-state index contributed by atoms with van der Waals surface area (Å²) in [5.74, 6) is 0. The first-order valence-corrected chi connectivity index (χ1v) is 5.70. The minimum absolute atomic E-state index is 0.978. The molecule has 0 atom stereocenters. The second-order valence-electron chi connectivity index (χ2n) is 2.53. The molecule has 0 aromatic rings. The third-order valence-corrected chi connectivity index (χ3v) is 1.50.